The Balaban J connectivity index is 2.17. The second kappa shape index (κ2) is 4.35. The molecule has 2 heterocycles. The predicted octanol–water partition coefficient (Wildman–Crippen LogP) is 1.72. The van der Waals surface area contributed by atoms with Gasteiger partial charge in [-0.15, -0.1) is 0 Å². The molecule has 0 bridgehead atoms. The summed E-state index contributed by atoms with van der Waals surface area (Å²) in [6, 6.07) is 5.68. The summed E-state index contributed by atoms with van der Waals surface area (Å²) in [6.07, 6.45) is 3.62. The number of carbonyl (C=O) groups excluding carboxylic acids is 1. The van der Waals surface area contributed by atoms with Crippen molar-refractivity contribution in [1.82, 2.24) is 14.7 Å². The molecule has 2 aromatic rings. The lowest BCUT2D eigenvalue weighted by atomic mass is 10.2. The van der Waals surface area contributed by atoms with Gasteiger partial charge in [0.1, 0.15) is 11.3 Å². The molecule has 0 aliphatic heterocycles. The second-order valence-electron chi connectivity index (χ2n) is 4.20. The van der Waals surface area contributed by atoms with E-state index in [9.17, 15) is 4.79 Å². The highest BCUT2D eigenvalue weighted by atomic mass is 16.1. The number of amides is 1. The van der Waals surface area contributed by atoms with E-state index in [1.54, 1.807) is 6.20 Å². The minimum absolute atomic E-state index is 0.114. The molecular weight excluding hydrogens is 202 g/mol. The molecule has 4 nitrogen and oxygen atoms in total. The Bertz CT molecular complexity index is 469. The number of hydrogen-bond acceptors (Lipinski definition) is 2. The molecule has 0 radical (unpaired) electrons. The first kappa shape index (κ1) is 10.7. The fraction of sp³-hybridized carbons (Fsp3) is 0.333. The maximum atomic E-state index is 11.7. The molecule has 16 heavy (non-hydrogen) atoms. The third kappa shape index (κ3) is 2.21. The number of aromatic nitrogens is 2. The lowest BCUT2D eigenvalue weighted by Gasteiger charge is -2.04. The number of fused-ring (bicyclic) bond motifs is 1. The van der Waals surface area contributed by atoms with Gasteiger partial charge in [-0.25, -0.2) is 4.98 Å². The summed E-state index contributed by atoms with van der Waals surface area (Å²) in [5.41, 5.74) is 1.25. The molecule has 2 aromatic heterocycles. The molecule has 1 N–H and O–H groups in total. The van der Waals surface area contributed by atoms with Crippen molar-refractivity contribution in [2.24, 2.45) is 5.92 Å². The highest BCUT2D eigenvalue weighted by Gasteiger charge is 2.09. The zero-order valence-electron chi connectivity index (χ0n) is 9.47. The van der Waals surface area contributed by atoms with Crippen LogP contribution >= 0.6 is 0 Å². The van der Waals surface area contributed by atoms with Gasteiger partial charge in [0.15, 0.2) is 0 Å². The maximum absolute atomic E-state index is 11.7. The summed E-state index contributed by atoms with van der Waals surface area (Å²) >= 11 is 0. The molecule has 0 aliphatic rings. The molecule has 0 spiro atoms. The molecule has 84 valence electrons. The van der Waals surface area contributed by atoms with Crippen molar-refractivity contribution >= 4 is 11.6 Å². The van der Waals surface area contributed by atoms with Crippen LogP contribution in [0.2, 0.25) is 0 Å². The van der Waals surface area contributed by atoms with Crippen LogP contribution in [0, 0.1) is 5.92 Å². The fourth-order valence-electron chi connectivity index (χ4n) is 1.43. The molecule has 0 fully saturated rings. The minimum Gasteiger partial charge on any atom is -0.350 e. The summed E-state index contributed by atoms with van der Waals surface area (Å²) in [5.74, 6) is 0.332. The molecule has 2 rings (SSSR count). The van der Waals surface area contributed by atoms with Crippen molar-refractivity contribution < 1.29 is 4.79 Å². The smallest absolute Gasteiger partial charge is 0.271 e. The van der Waals surface area contributed by atoms with Crippen molar-refractivity contribution in [3.63, 3.8) is 0 Å². The number of pyridine rings is 1. The van der Waals surface area contributed by atoms with E-state index < -0.39 is 0 Å². The number of carbonyl (C=O) groups is 1. The van der Waals surface area contributed by atoms with Crippen molar-refractivity contribution in [3.8, 4) is 0 Å². The molecule has 0 atom stereocenters. The fourth-order valence-corrected chi connectivity index (χ4v) is 1.43. The first-order valence-electron chi connectivity index (χ1n) is 5.39. The van der Waals surface area contributed by atoms with Crippen LogP contribution in [0.25, 0.3) is 5.65 Å². The lowest BCUT2D eigenvalue weighted by Crippen LogP contribution is -2.27. The number of rotatable bonds is 3. The van der Waals surface area contributed by atoms with E-state index in [0.717, 1.165) is 5.65 Å². The number of hydrogen-bond donors (Lipinski definition) is 1. The van der Waals surface area contributed by atoms with Crippen molar-refractivity contribution in [3.05, 3.63) is 36.3 Å². The van der Waals surface area contributed by atoms with E-state index in [1.165, 1.54) is 0 Å². The van der Waals surface area contributed by atoms with Gasteiger partial charge in [-0.1, -0.05) is 19.9 Å². The van der Waals surface area contributed by atoms with Crippen LogP contribution in [0.1, 0.15) is 24.3 Å². The lowest BCUT2D eigenvalue weighted by molar-refractivity contribution is 0.0944. The predicted molar refractivity (Wildman–Crippen MR) is 62.4 cm³/mol. The van der Waals surface area contributed by atoms with Gasteiger partial charge >= 0.3 is 0 Å². The summed E-state index contributed by atoms with van der Waals surface area (Å²) in [6.45, 7) is 4.79. The Hall–Kier alpha value is -1.84. The SMILES string of the molecule is CC(C)CNC(=O)c1cn2ccccc2n1. The Kier molecular flexibility index (Phi) is 2.90. The van der Waals surface area contributed by atoms with E-state index in [4.69, 9.17) is 0 Å². The van der Waals surface area contributed by atoms with Crippen LogP contribution in [-0.4, -0.2) is 21.8 Å². The molecule has 4 heteroatoms. The molecular formula is C12H15N3O. The van der Waals surface area contributed by atoms with E-state index in [-0.39, 0.29) is 5.91 Å². The maximum Gasteiger partial charge on any atom is 0.271 e. The van der Waals surface area contributed by atoms with Crippen LogP contribution in [0.4, 0.5) is 0 Å². The van der Waals surface area contributed by atoms with Gasteiger partial charge in [-0.3, -0.25) is 4.79 Å². The highest BCUT2D eigenvalue weighted by molar-refractivity contribution is 5.92. The molecule has 0 aromatic carbocycles. The Labute approximate surface area is 94.3 Å². The second-order valence-corrected chi connectivity index (χ2v) is 4.20. The van der Waals surface area contributed by atoms with Gasteiger partial charge < -0.3 is 9.72 Å². The van der Waals surface area contributed by atoms with Crippen molar-refractivity contribution in [1.29, 1.82) is 0 Å². The summed E-state index contributed by atoms with van der Waals surface area (Å²) < 4.78 is 1.84. The Morgan fingerprint density at radius 1 is 1.50 bits per heavy atom. The minimum atomic E-state index is -0.114. The van der Waals surface area contributed by atoms with E-state index in [2.05, 4.69) is 24.1 Å². The Morgan fingerprint density at radius 2 is 2.31 bits per heavy atom. The highest BCUT2D eigenvalue weighted by Crippen LogP contribution is 2.04. The molecule has 0 aliphatic carbocycles. The average molecular weight is 217 g/mol. The van der Waals surface area contributed by atoms with Gasteiger partial charge in [0, 0.05) is 18.9 Å². The summed E-state index contributed by atoms with van der Waals surface area (Å²) in [7, 11) is 0. The van der Waals surface area contributed by atoms with E-state index in [1.807, 2.05) is 28.8 Å². The monoisotopic (exact) mass is 217 g/mol. The van der Waals surface area contributed by atoms with Crippen LogP contribution in [-0.2, 0) is 0 Å². The number of nitrogens with one attached hydrogen (secondary N) is 1. The van der Waals surface area contributed by atoms with Gasteiger partial charge in [0.2, 0.25) is 0 Å². The number of nitrogens with zero attached hydrogens (tertiary/aromatic N) is 2. The zero-order chi connectivity index (χ0) is 11.5. The van der Waals surface area contributed by atoms with Crippen molar-refractivity contribution in [2.75, 3.05) is 6.54 Å². The molecule has 0 unspecified atom stereocenters. The topological polar surface area (TPSA) is 46.4 Å². The zero-order valence-corrected chi connectivity index (χ0v) is 9.47. The first-order chi connectivity index (χ1) is 7.66. The van der Waals surface area contributed by atoms with Gasteiger partial charge in [-0.2, -0.15) is 0 Å². The molecule has 0 saturated carbocycles. The van der Waals surface area contributed by atoms with Gasteiger partial charge in [-0.05, 0) is 18.1 Å². The average Bonchev–Trinajstić information content (AvgIpc) is 2.69. The van der Waals surface area contributed by atoms with E-state index in [0.29, 0.717) is 18.2 Å². The van der Waals surface area contributed by atoms with Crippen molar-refractivity contribution in [2.45, 2.75) is 13.8 Å². The third-order valence-corrected chi connectivity index (χ3v) is 2.27. The summed E-state index contributed by atoms with van der Waals surface area (Å²) in [4.78, 5) is 16.0. The van der Waals surface area contributed by atoms with Gasteiger partial charge in [0.05, 0.1) is 0 Å². The number of imidazole rings is 1. The normalized spacial score (nSPS) is 10.9. The summed E-state index contributed by atoms with van der Waals surface area (Å²) in [5, 5.41) is 2.84. The quantitative estimate of drug-likeness (QED) is 0.850. The van der Waals surface area contributed by atoms with Crippen LogP contribution < -0.4 is 5.32 Å². The van der Waals surface area contributed by atoms with E-state index >= 15 is 0 Å². The largest absolute Gasteiger partial charge is 0.350 e. The van der Waals surface area contributed by atoms with Gasteiger partial charge in [0.25, 0.3) is 5.91 Å². The first-order valence-corrected chi connectivity index (χ1v) is 5.39. The van der Waals surface area contributed by atoms with Crippen LogP contribution in [0.15, 0.2) is 30.6 Å². The third-order valence-electron chi connectivity index (χ3n) is 2.27. The van der Waals surface area contributed by atoms with Crippen LogP contribution in [0.5, 0.6) is 0 Å². The Morgan fingerprint density at radius 3 is 3.00 bits per heavy atom. The van der Waals surface area contributed by atoms with Crippen LogP contribution in [0.3, 0.4) is 0 Å². The molecule has 0 saturated heterocycles. The standard InChI is InChI=1S/C12H15N3O/c1-9(2)7-13-12(16)10-8-15-6-4-3-5-11(15)14-10/h3-6,8-9H,7H2,1-2H3,(H,13,16). The molecule has 1 amide bonds.